The molecule has 15 heavy (non-hydrogen) atoms. The number of aromatic carboxylic acids is 1. The van der Waals surface area contributed by atoms with Crippen LogP contribution in [-0.2, 0) is 6.54 Å². The second-order valence-corrected chi connectivity index (χ2v) is 2.91. The third-order valence-electron chi connectivity index (χ3n) is 1.98. The zero-order chi connectivity index (χ0) is 10.8. The Morgan fingerprint density at radius 1 is 1.60 bits per heavy atom. The lowest BCUT2D eigenvalue weighted by Crippen LogP contribution is -1.98. The highest BCUT2D eigenvalue weighted by Crippen LogP contribution is 2.13. The fourth-order valence-electron chi connectivity index (χ4n) is 1.29. The van der Waals surface area contributed by atoms with E-state index in [1.165, 1.54) is 16.8 Å². The van der Waals surface area contributed by atoms with Crippen LogP contribution in [0.3, 0.4) is 0 Å². The Hall–Kier alpha value is -2.42. The van der Waals surface area contributed by atoms with Crippen molar-refractivity contribution in [2.24, 2.45) is 0 Å². The van der Waals surface area contributed by atoms with E-state index in [1.54, 1.807) is 6.07 Å². The molecule has 6 nitrogen and oxygen atoms in total. The molecule has 0 spiro atoms. The van der Waals surface area contributed by atoms with Crippen LogP contribution >= 0.6 is 0 Å². The van der Waals surface area contributed by atoms with E-state index in [2.05, 4.69) is 10.3 Å². The first-order valence-corrected chi connectivity index (χ1v) is 4.16. The third kappa shape index (κ3) is 1.50. The third-order valence-corrected chi connectivity index (χ3v) is 1.98. The number of carboxylic acids is 1. The van der Waals surface area contributed by atoms with E-state index in [1.807, 2.05) is 6.07 Å². The van der Waals surface area contributed by atoms with Gasteiger partial charge in [0.2, 0.25) is 0 Å². The lowest BCUT2D eigenvalue weighted by atomic mass is 10.2. The molecule has 0 unspecified atom stereocenters. The molecular formula is C9H6N4O2. The molecule has 0 amide bonds. The number of fused-ring (bicyclic) bond motifs is 1. The van der Waals surface area contributed by atoms with Crippen LogP contribution in [0.15, 0.2) is 18.2 Å². The Balaban J connectivity index is 2.57. The maximum absolute atomic E-state index is 10.7. The second-order valence-electron chi connectivity index (χ2n) is 2.91. The lowest BCUT2D eigenvalue weighted by molar-refractivity contribution is 0.0697. The van der Waals surface area contributed by atoms with Gasteiger partial charge in [-0.05, 0) is 18.2 Å². The predicted molar refractivity (Wildman–Crippen MR) is 50.1 cm³/mol. The Kier molecular flexibility index (Phi) is 2.06. The van der Waals surface area contributed by atoms with Crippen molar-refractivity contribution in [1.29, 1.82) is 5.26 Å². The molecule has 0 radical (unpaired) electrons. The van der Waals surface area contributed by atoms with Gasteiger partial charge in [0.25, 0.3) is 0 Å². The molecule has 2 rings (SSSR count). The Morgan fingerprint density at radius 3 is 3.07 bits per heavy atom. The van der Waals surface area contributed by atoms with Crippen LogP contribution in [0.5, 0.6) is 0 Å². The van der Waals surface area contributed by atoms with Gasteiger partial charge in [0.15, 0.2) is 0 Å². The molecule has 2 aromatic rings. The van der Waals surface area contributed by atoms with Crippen molar-refractivity contribution in [3.05, 3.63) is 23.8 Å². The maximum atomic E-state index is 10.7. The number of benzene rings is 1. The Morgan fingerprint density at radius 2 is 2.40 bits per heavy atom. The summed E-state index contributed by atoms with van der Waals surface area (Å²) in [5, 5.41) is 24.8. The van der Waals surface area contributed by atoms with Crippen LogP contribution in [-0.4, -0.2) is 26.1 Å². The molecule has 0 aliphatic carbocycles. The summed E-state index contributed by atoms with van der Waals surface area (Å²) in [6.07, 6.45) is 0. The van der Waals surface area contributed by atoms with E-state index in [9.17, 15) is 4.79 Å². The molecule has 74 valence electrons. The molecule has 1 aromatic carbocycles. The standard InChI is InChI=1S/C9H6N4O2/c10-3-4-13-8-2-1-6(9(14)15)5-7(8)11-12-13/h1-2,5H,4H2,(H,14,15). The molecule has 6 heteroatoms. The van der Waals surface area contributed by atoms with E-state index in [-0.39, 0.29) is 12.1 Å². The van der Waals surface area contributed by atoms with E-state index in [0.717, 1.165) is 0 Å². The van der Waals surface area contributed by atoms with Crippen LogP contribution in [0, 0.1) is 11.3 Å². The van der Waals surface area contributed by atoms with E-state index >= 15 is 0 Å². The van der Waals surface area contributed by atoms with Crippen LogP contribution in [0.2, 0.25) is 0 Å². The molecule has 0 aliphatic heterocycles. The summed E-state index contributed by atoms with van der Waals surface area (Å²) < 4.78 is 1.42. The number of nitrogens with zero attached hydrogens (tertiary/aromatic N) is 4. The fourth-order valence-corrected chi connectivity index (χ4v) is 1.29. The molecule has 0 saturated heterocycles. The molecule has 0 atom stereocenters. The largest absolute Gasteiger partial charge is 0.478 e. The minimum absolute atomic E-state index is 0.100. The SMILES string of the molecule is N#CCn1nnc2cc(C(=O)O)ccc21. The van der Waals surface area contributed by atoms with Crippen LogP contribution in [0.4, 0.5) is 0 Å². The van der Waals surface area contributed by atoms with Crippen molar-refractivity contribution >= 4 is 17.0 Å². The Labute approximate surface area is 84.4 Å². The van der Waals surface area contributed by atoms with Crippen molar-refractivity contribution in [1.82, 2.24) is 15.0 Å². The molecule has 0 saturated carbocycles. The quantitative estimate of drug-likeness (QED) is 0.771. The van der Waals surface area contributed by atoms with E-state index in [0.29, 0.717) is 11.0 Å². The average Bonchev–Trinajstić information content (AvgIpc) is 2.61. The first-order chi connectivity index (χ1) is 7.22. The van der Waals surface area contributed by atoms with Gasteiger partial charge in [-0.3, -0.25) is 0 Å². The first-order valence-electron chi connectivity index (χ1n) is 4.16. The number of hydrogen-bond donors (Lipinski definition) is 1. The summed E-state index contributed by atoms with van der Waals surface area (Å²) in [6, 6.07) is 6.43. The molecule has 0 aliphatic rings. The zero-order valence-corrected chi connectivity index (χ0v) is 7.58. The summed E-state index contributed by atoms with van der Waals surface area (Å²) in [5.74, 6) is -1.01. The second kappa shape index (κ2) is 3.38. The lowest BCUT2D eigenvalue weighted by Gasteiger charge is -1.95. The van der Waals surface area contributed by atoms with Crippen molar-refractivity contribution in [2.45, 2.75) is 6.54 Å². The molecule has 0 bridgehead atoms. The predicted octanol–water partition coefficient (Wildman–Crippen LogP) is 0.653. The first kappa shape index (κ1) is 9.15. The van der Waals surface area contributed by atoms with Crippen molar-refractivity contribution < 1.29 is 9.90 Å². The van der Waals surface area contributed by atoms with Gasteiger partial charge in [-0.25, -0.2) is 9.48 Å². The molecule has 0 fully saturated rings. The van der Waals surface area contributed by atoms with E-state index < -0.39 is 5.97 Å². The monoisotopic (exact) mass is 202 g/mol. The highest BCUT2D eigenvalue weighted by Gasteiger charge is 2.08. The van der Waals surface area contributed by atoms with Crippen molar-refractivity contribution in [2.75, 3.05) is 0 Å². The van der Waals surface area contributed by atoms with E-state index in [4.69, 9.17) is 10.4 Å². The van der Waals surface area contributed by atoms with Crippen molar-refractivity contribution in [3.8, 4) is 6.07 Å². The highest BCUT2D eigenvalue weighted by atomic mass is 16.4. The number of carbonyl (C=O) groups is 1. The number of rotatable bonds is 2. The molecule has 1 aromatic heterocycles. The van der Waals surface area contributed by atoms with Crippen LogP contribution < -0.4 is 0 Å². The van der Waals surface area contributed by atoms with Gasteiger partial charge in [-0.1, -0.05) is 5.21 Å². The van der Waals surface area contributed by atoms with Gasteiger partial charge in [0.05, 0.1) is 17.1 Å². The van der Waals surface area contributed by atoms with Gasteiger partial charge in [-0.15, -0.1) is 5.10 Å². The Bertz CT molecular complexity index is 567. The summed E-state index contributed by atoms with van der Waals surface area (Å²) in [4.78, 5) is 10.7. The molecule has 1 heterocycles. The number of aromatic nitrogens is 3. The fraction of sp³-hybridized carbons (Fsp3) is 0.111. The summed E-state index contributed by atoms with van der Waals surface area (Å²) >= 11 is 0. The summed E-state index contributed by atoms with van der Waals surface area (Å²) in [5.41, 5.74) is 1.29. The number of carboxylic acid groups (broad SMARTS) is 1. The highest BCUT2D eigenvalue weighted by molar-refractivity contribution is 5.92. The van der Waals surface area contributed by atoms with Gasteiger partial charge < -0.3 is 5.11 Å². The maximum Gasteiger partial charge on any atom is 0.335 e. The zero-order valence-electron chi connectivity index (χ0n) is 7.58. The van der Waals surface area contributed by atoms with Gasteiger partial charge in [-0.2, -0.15) is 5.26 Å². The van der Waals surface area contributed by atoms with Gasteiger partial charge >= 0.3 is 5.97 Å². The smallest absolute Gasteiger partial charge is 0.335 e. The summed E-state index contributed by atoms with van der Waals surface area (Å²) in [7, 11) is 0. The van der Waals surface area contributed by atoms with Crippen molar-refractivity contribution in [3.63, 3.8) is 0 Å². The normalized spacial score (nSPS) is 10.1. The average molecular weight is 202 g/mol. The minimum atomic E-state index is -1.01. The van der Waals surface area contributed by atoms with Gasteiger partial charge in [0, 0.05) is 0 Å². The molecule has 1 N–H and O–H groups in total. The topological polar surface area (TPSA) is 91.8 Å². The minimum Gasteiger partial charge on any atom is -0.478 e. The summed E-state index contributed by atoms with van der Waals surface area (Å²) in [6.45, 7) is 0.100. The molecular weight excluding hydrogens is 196 g/mol. The van der Waals surface area contributed by atoms with Crippen LogP contribution in [0.1, 0.15) is 10.4 Å². The number of hydrogen-bond acceptors (Lipinski definition) is 4. The van der Waals surface area contributed by atoms with Gasteiger partial charge in [0.1, 0.15) is 12.1 Å². The number of nitriles is 1. The van der Waals surface area contributed by atoms with Crippen LogP contribution in [0.25, 0.3) is 11.0 Å².